The lowest BCUT2D eigenvalue weighted by Crippen LogP contribution is -2.33. The van der Waals surface area contributed by atoms with Crippen molar-refractivity contribution in [1.82, 2.24) is 15.2 Å². The van der Waals surface area contributed by atoms with Crippen molar-refractivity contribution in [1.29, 1.82) is 0 Å². The van der Waals surface area contributed by atoms with Gasteiger partial charge in [-0.25, -0.2) is 14.0 Å². The smallest absolute Gasteiger partial charge is 0.410 e. The molecule has 0 aliphatic heterocycles. The maximum Gasteiger partial charge on any atom is 0.410 e. The first-order valence-electron chi connectivity index (χ1n) is 13.7. The number of aromatic amines is 1. The highest BCUT2D eigenvalue weighted by atomic mass is 19.1. The Morgan fingerprint density at radius 1 is 0.953 bits per heavy atom. The number of hydrogen-bond acceptors (Lipinski definition) is 6. The SMILES string of the molecule is COC(=O)c1cc(F)cc2[nH]c(-c3ccc(CN(C)C(=O)OC(C)(C)C)cc3)c(CC(=O)NCc3ccc(OC)cc3)c12. The molecule has 43 heavy (non-hydrogen) atoms. The van der Waals surface area contributed by atoms with Gasteiger partial charge < -0.3 is 29.4 Å². The maximum atomic E-state index is 14.5. The molecule has 226 valence electrons. The zero-order valence-corrected chi connectivity index (χ0v) is 25.2. The summed E-state index contributed by atoms with van der Waals surface area (Å²) in [5.41, 5.74) is 3.33. The molecule has 0 aliphatic carbocycles. The van der Waals surface area contributed by atoms with Crippen LogP contribution >= 0.6 is 0 Å². The number of H-pyrrole nitrogens is 1. The van der Waals surface area contributed by atoms with Crippen LogP contribution in [0.1, 0.15) is 47.8 Å². The molecule has 0 saturated heterocycles. The van der Waals surface area contributed by atoms with Crippen molar-refractivity contribution in [2.75, 3.05) is 21.3 Å². The topological polar surface area (TPSA) is 110 Å². The van der Waals surface area contributed by atoms with Crippen LogP contribution in [-0.2, 0) is 33.8 Å². The van der Waals surface area contributed by atoms with Crippen molar-refractivity contribution in [2.45, 2.75) is 45.9 Å². The van der Waals surface area contributed by atoms with Gasteiger partial charge in [0.05, 0.1) is 31.9 Å². The number of esters is 1. The molecule has 4 rings (SSSR count). The number of halogens is 1. The van der Waals surface area contributed by atoms with E-state index in [0.717, 1.165) is 17.2 Å². The van der Waals surface area contributed by atoms with E-state index in [2.05, 4.69) is 10.3 Å². The molecule has 2 N–H and O–H groups in total. The van der Waals surface area contributed by atoms with Gasteiger partial charge in [-0.2, -0.15) is 0 Å². The van der Waals surface area contributed by atoms with Crippen LogP contribution in [0.4, 0.5) is 9.18 Å². The lowest BCUT2D eigenvalue weighted by Gasteiger charge is -2.24. The molecule has 10 heteroatoms. The van der Waals surface area contributed by atoms with Crippen molar-refractivity contribution in [2.24, 2.45) is 0 Å². The Balaban J connectivity index is 1.65. The Hall–Kier alpha value is -4.86. The second kappa shape index (κ2) is 13.0. The third-order valence-corrected chi connectivity index (χ3v) is 6.73. The number of rotatable bonds is 9. The van der Waals surface area contributed by atoms with Crippen molar-refractivity contribution in [3.05, 3.63) is 88.7 Å². The van der Waals surface area contributed by atoms with Crippen LogP contribution in [0.3, 0.4) is 0 Å². The summed E-state index contributed by atoms with van der Waals surface area (Å²) >= 11 is 0. The molecular weight excluding hydrogens is 553 g/mol. The molecule has 0 spiro atoms. The molecule has 0 unspecified atom stereocenters. The van der Waals surface area contributed by atoms with Gasteiger partial charge in [0.25, 0.3) is 0 Å². The van der Waals surface area contributed by atoms with E-state index >= 15 is 0 Å². The molecular formula is C33H36FN3O6. The highest BCUT2D eigenvalue weighted by Crippen LogP contribution is 2.34. The molecule has 0 saturated carbocycles. The molecule has 0 bridgehead atoms. The third kappa shape index (κ3) is 7.71. The van der Waals surface area contributed by atoms with Crippen LogP contribution in [0.15, 0.2) is 60.7 Å². The van der Waals surface area contributed by atoms with E-state index in [1.165, 1.54) is 18.1 Å². The number of hydrogen-bond donors (Lipinski definition) is 2. The number of carbonyl (C=O) groups is 3. The van der Waals surface area contributed by atoms with E-state index in [0.29, 0.717) is 46.6 Å². The molecule has 0 radical (unpaired) electrons. The minimum absolute atomic E-state index is 0.0218. The summed E-state index contributed by atoms with van der Waals surface area (Å²) in [6.45, 7) is 6.03. The van der Waals surface area contributed by atoms with Gasteiger partial charge in [-0.15, -0.1) is 0 Å². The molecule has 9 nitrogen and oxygen atoms in total. The second-order valence-corrected chi connectivity index (χ2v) is 11.2. The van der Waals surface area contributed by atoms with Crippen molar-refractivity contribution >= 4 is 28.9 Å². The normalized spacial score (nSPS) is 11.2. The number of benzene rings is 3. The van der Waals surface area contributed by atoms with E-state index in [4.69, 9.17) is 14.2 Å². The van der Waals surface area contributed by atoms with Crippen molar-refractivity contribution in [3.8, 4) is 17.0 Å². The molecule has 1 heterocycles. The summed E-state index contributed by atoms with van der Waals surface area (Å²) in [6.07, 6.45) is -0.517. The molecule has 0 fully saturated rings. The van der Waals surface area contributed by atoms with Crippen molar-refractivity contribution in [3.63, 3.8) is 0 Å². The van der Waals surface area contributed by atoms with E-state index < -0.39 is 23.5 Å². The monoisotopic (exact) mass is 589 g/mol. The van der Waals surface area contributed by atoms with Crippen LogP contribution < -0.4 is 10.1 Å². The van der Waals surface area contributed by atoms with Crippen LogP contribution in [0.5, 0.6) is 5.75 Å². The Morgan fingerprint density at radius 2 is 1.60 bits per heavy atom. The van der Waals surface area contributed by atoms with Gasteiger partial charge in [0.2, 0.25) is 5.91 Å². The summed E-state index contributed by atoms with van der Waals surface area (Å²) in [6, 6.07) is 17.1. The minimum atomic E-state index is -0.713. The Labute approximate surface area is 249 Å². The average molecular weight is 590 g/mol. The largest absolute Gasteiger partial charge is 0.497 e. The second-order valence-electron chi connectivity index (χ2n) is 11.2. The van der Waals surface area contributed by atoms with Crippen LogP contribution in [0.25, 0.3) is 22.2 Å². The summed E-state index contributed by atoms with van der Waals surface area (Å²) in [5, 5.41) is 3.33. The van der Waals surface area contributed by atoms with E-state index in [9.17, 15) is 18.8 Å². The van der Waals surface area contributed by atoms with Gasteiger partial charge in [0.15, 0.2) is 0 Å². The first kappa shape index (κ1) is 31.1. The summed E-state index contributed by atoms with van der Waals surface area (Å²) in [5.74, 6) is -0.899. The number of carbonyl (C=O) groups excluding carboxylic acids is 3. The first-order chi connectivity index (χ1) is 20.4. The number of nitrogens with zero attached hydrogens (tertiary/aromatic N) is 1. The highest BCUT2D eigenvalue weighted by molar-refractivity contribution is 6.08. The highest BCUT2D eigenvalue weighted by Gasteiger charge is 2.24. The molecule has 2 amide bonds. The van der Waals surface area contributed by atoms with Gasteiger partial charge in [0.1, 0.15) is 17.2 Å². The molecule has 1 aromatic heterocycles. The number of nitrogens with one attached hydrogen (secondary N) is 2. The number of aromatic nitrogens is 1. The molecule has 3 aromatic carbocycles. The third-order valence-electron chi connectivity index (χ3n) is 6.73. The lowest BCUT2D eigenvalue weighted by atomic mass is 9.98. The minimum Gasteiger partial charge on any atom is -0.497 e. The predicted octanol–water partition coefficient (Wildman–Crippen LogP) is 6.00. The molecule has 0 aliphatic rings. The van der Waals surface area contributed by atoms with E-state index in [1.54, 1.807) is 14.2 Å². The van der Waals surface area contributed by atoms with Gasteiger partial charge in [0, 0.05) is 31.0 Å². The Kier molecular flexibility index (Phi) is 9.38. The first-order valence-corrected chi connectivity index (χ1v) is 13.7. The van der Waals surface area contributed by atoms with Gasteiger partial charge >= 0.3 is 12.1 Å². The molecule has 0 atom stereocenters. The van der Waals surface area contributed by atoms with Crippen LogP contribution in [0.2, 0.25) is 0 Å². The van der Waals surface area contributed by atoms with E-state index in [-0.39, 0.29) is 17.9 Å². The summed E-state index contributed by atoms with van der Waals surface area (Å²) in [7, 11) is 4.46. The van der Waals surface area contributed by atoms with Crippen LogP contribution in [0, 0.1) is 5.82 Å². The quantitative estimate of drug-likeness (QED) is 0.232. The fourth-order valence-corrected chi connectivity index (χ4v) is 4.68. The van der Waals surface area contributed by atoms with Crippen molar-refractivity contribution < 1.29 is 33.0 Å². The number of ether oxygens (including phenoxy) is 3. The predicted molar refractivity (Wildman–Crippen MR) is 161 cm³/mol. The van der Waals surface area contributed by atoms with E-state index in [1.807, 2.05) is 69.3 Å². The Bertz CT molecular complexity index is 1620. The standard InChI is InChI=1S/C33H36FN3O6/c1-33(2,3)43-32(40)37(4)19-21-7-11-22(12-8-21)30-25(17-28(38)35-18-20-9-13-24(41-5)14-10-20)29-26(31(39)42-6)15-23(34)16-27(29)36-30/h7-16,36H,17-19H2,1-6H3,(H,35,38). The summed E-state index contributed by atoms with van der Waals surface area (Å²) in [4.78, 5) is 42.9. The zero-order chi connectivity index (χ0) is 31.3. The van der Waals surface area contributed by atoms with Crippen LogP contribution in [-0.4, -0.2) is 54.7 Å². The average Bonchev–Trinajstić information content (AvgIpc) is 3.32. The van der Waals surface area contributed by atoms with Gasteiger partial charge in [-0.05, 0) is 67.3 Å². The Morgan fingerprint density at radius 3 is 2.21 bits per heavy atom. The number of methoxy groups -OCH3 is 2. The molecule has 4 aromatic rings. The van der Waals surface area contributed by atoms with Gasteiger partial charge in [-0.1, -0.05) is 36.4 Å². The van der Waals surface area contributed by atoms with Gasteiger partial charge in [-0.3, -0.25) is 4.79 Å². The number of fused-ring (bicyclic) bond motifs is 1. The summed E-state index contributed by atoms with van der Waals surface area (Å²) < 4.78 is 30.1. The maximum absolute atomic E-state index is 14.5. The lowest BCUT2D eigenvalue weighted by molar-refractivity contribution is -0.120. The number of amides is 2. The fraction of sp³-hybridized carbons (Fsp3) is 0.303. The fourth-order valence-electron chi connectivity index (χ4n) is 4.68. The zero-order valence-electron chi connectivity index (χ0n) is 25.2.